The highest BCUT2D eigenvalue weighted by Crippen LogP contribution is 2.02. The van der Waals surface area contributed by atoms with Gasteiger partial charge in [-0.3, -0.25) is 0 Å². The van der Waals surface area contributed by atoms with Crippen LogP contribution < -0.4 is 16.3 Å². The maximum absolute atomic E-state index is 5.30. The van der Waals surface area contributed by atoms with Crippen molar-refractivity contribution in [2.24, 2.45) is 11.7 Å². The minimum absolute atomic E-state index is 0.824. The van der Waals surface area contributed by atoms with Gasteiger partial charge in [-0.25, -0.2) is 0 Å². The summed E-state index contributed by atoms with van der Waals surface area (Å²) in [5, 5.41) is 2.80. The van der Waals surface area contributed by atoms with Crippen molar-refractivity contribution < 1.29 is 0 Å². The zero-order chi connectivity index (χ0) is 14.1. The number of aromatic amines is 1. The molecule has 0 fully saturated rings. The van der Waals surface area contributed by atoms with E-state index < -0.39 is 0 Å². The van der Waals surface area contributed by atoms with E-state index in [1.54, 1.807) is 0 Å². The van der Waals surface area contributed by atoms with Crippen molar-refractivity contribution in [1.82, 2.24) is 4.98 Å². The normalized spacial score (nSPS) is 14.5. The number of nitrogens with one attached hydrogen (secondary N) is 1. The molecular formula is C17H30N2. The van der Waals surface area contributed by atoms with Crippen LogP contribution in [-0.4, -0.2) is 11.5 Å². The van der Waals surface area contributed by atoms with Crippen LogP contribution in [0.3, 0.4) is 0 Å². The monoisotopic (exact) mass is 262 g/mol. The first-order valence-corrected chi connectivity index (χ1v) is 7.79. The quantitative estimate of drug-likeness (QED) is 0.842. The standard InChI is InChI=1S/C11H15N.C6H15N/c1-2-5-9-8-12-11-7-4-3-6-10(9)11;1-3-6(2)4-5-7/h6-8,12H,2-5H2,1H3;6H,3-5,7H2,1-2H3. The van der Waals surface area contributed by atoms with Crippen molar-refractivity contribution in [3.05, 3.63) is 22.3 Å². The molecule has 1 heterocycles. The first-order valence-electron chi connectivity index (χ1n) is 7.79. The number of hydrogen-bond donors (Lipinski definition) is 2. The number of aryl methyl sites for hydroxylation is 1. The van der Waals surface area contributed by atoms with E-state index in [0.29, 0.717) is 0 Å². The van der Waals surface area contributed by atoms with Gasteiger partial charge in [-0.15, -0.1) is 0 Å². The third-order valence-corrected chi connectivity index (χ3v) is 3.78. The fourth-order valence-corrected chi connectivity index (χ4v) is 2.32. The predicted molar refractivity (Wildman–Crippen MR) is 85.3 cm³/mol. The van der Waals surface area contributed by atoms with Crippen molar-refractivity contribution >= 4 is 12.2 Å². The van der Waals surface area contributed by atoms with E-state index in [1.165, 1.54) is 54.7 Å². The van der Waals surface area contributed by atoms with Crippen molar-refractivity contribution in [3.8, 4) is 0 Å². The van der Waals surface area contributed by atoms with Gasteiger partial charge in [0.1, 0.15) is 0 Å². The van der Waals surface area contributed by atoms with E-state index >= 15 is 0 Å². The summed E-state index contributed by atoms with van der Waals surface area (Å²) >= 11 is 0. The maximum atomic E-state index is 5.30. The van der Waals surface area contributed by atoms with Crippen LogP contribution in [0.5, 0.6) is 0 Å². The van der Waals surface area contributed by atoms with Crippen LogP contribution in [0, 0.1) is 5.92 Å². The molecule has 1 aromatic heterocycles. The van der Waals surface area contributed by atoms with Gasteiger partial charge in [0.15, 0.2) is 0 Å². The molecule has 1 aliphatic rings. The summed E-state index contributed by atoms with van der Waals surface area (Å²) in [6.07, 6.45) is 14.1. The summed E-state index contributed by atoms with van der Waals surface area (Å²) < 4.78 is 0. The van der Waals surface area contributed by atoms with Crippen LogP contribution >= 0.6 is 0 Å². The smallest absolute Gasteiger partial charge is 0.0413 e. The van der Waals surface area contributed by atoms with Gasteiger partial charge in [-0.2, -0.15) is 0 Å². The van der Waals surface area contributed by atoms with Crippen LogP contribution in [0.4, 0.5) is 0 Å². The lowest BCUT2D eigenvalue weighted by molar-refractivity contribution is 0.524. The highest BCUT2D eigenvalue weighted by Gasteiger charge is 2.00. The van der Waals surface area contributed by atoms with E-state index in [-0.39, 0.29) is 0 Å². The molecule has 0 radical (unpaired) electrons. The summed E-state index contributed by atoms with van der Waals surface area (Å²) in [5.74, 6) is 0.824. The molecule has 2 heteroatoms. The van der Waals surface area contributed by atoms with E-state index in [2.05, 4.69) is 44.1 Å². The Morgan fingerprint density at radius 1 is 1.26 bits per heavy atom. The maximum Gasteiger partial charge on any atom is 0.0413 e. The highest BCUT2D eigenvalue weighted by molar-refractivity contribution is 5.39. The lowest BCUT2D eigenvalue weighted by atomic mass is 10.1. The molecule has 0 saturated carbocycles. The van der Waals surface area contributed by atoms with Crippen molar-refractivity contribution in [1.29, 1.82) is 0 Å². The Balaban J connectivity index is 0.000000224. The number of hydrogen-bond acceptors (Lipinski definition) is 1. The topological polar surface area (TPSA) is 41.8 Å². The molecule has 0 saturated heterocycles. The molecule has 2 nitrogen and oxygen atoms in total. The number of rotatable bonds is 5. The van der Waals surface area contributed by atoms with E-state index in [0.717, 1.165) is 12.5 Å². The van der Waals surface area contributed by atoms with Crippen LogP contribution in [0.15, 0.2) is 6.20 Å². The minimum atomic E-state index is 0.824. The fraction of sp³-hybridized carbons (Fsp3) is 0.647. The second kappa shape index (κ2) is 8.98. The Bertz CT molecular complexity index is 456. The van der Waals surface area contributed by atoms with Gasteiger partial charge in [0.05, 0.1) is 0 Å². The molecule has 0 aromatic carbocycles. The molecule has 1 aromatic rings. The van der Waals surface area contributed by atoms with Gasteiger partial charge in [0, 0.05) is 11.5 Å². The Hall–Kier alpha value is -1.02. The zero-order valence-corrected chi connectivity index (χ0v) is 12.8. The molecule has 0 bridgehead atoms. The van der Waals surface area contributed by atoms with Gasteiger partial charge >= 0.3 is 0 Å². The molecular weight excluding hydrogens is 232 g/mol. The van der Waals surface area contributed by atoms with Gasteiger partial charge in [0.2, 0.25) is 0 Å². The highest BCUT2D eigenvalue weighted by atomic mass is 14.7. The summed E-state index contributed by atoms with van der Waals surface area (Å²) in [6.45, 7) is 7.49. The van der Waals surface area contributed by atoms with Gasteiger partial charge in [-0.1, -0.05) is 45.8 Å². The summed E-state index contributed by atoms with van der Waals surface area (Å²) in [4.78, 5) is 3.32. The van der Waals surface area contributed by atoms with Crippen LogP contribution in [0.2, 0.25) is 0 Å². The van der Waals surface area contributed by atoms with Gasteiger partial charge in [0.25, 0.3) is 0 Å². The largest absolute Gasteiger partial charge is 0.361 e. The Morgan fingerprint density at radius 2 is 2.00 bits per heavy atom. The van der Waals surface area contributed by atoms with E-state index in [9.17, 15) is 0 Å². The SMILES string of the molecule is CCC(C)CCN.CCCc1c[nH]c2c1=CCCC=2. The minimum Gasteiger partial charge on any atom is -0.361 e. The lowest BCUT2D eigenvalue weighted by Crippen LogP contribution is -2.26. The Labute approximate surface area is 117 Å². The average Bonchev–Trinajstić information content (AvgIpc) is 2.84. The fourth-order valence-electron chi connectivity index (χ4n) is 2.32. The van der Waals surface area contributed by atoms with Crippen LogP contribution in [-0.2, 0) is 6.42 Å². The third kappa shape index (κ3) is 5.23. The zero-order valence-electron chi connectivity index (χ0n) is 12.8. The molecule has 0 aliphatic heterocycles. The number of H-pyrrole nitrogens is 1. The number of aromatic nitrogens is 1. The summed E-state index contributed by atoms with van der Waals surface area (Å²) in [5.41, 5.74) is 6.79. The first-order chi connectivity index (χ1) is 9.22. The first kappa shape index (κ1) is 16.0. The molecule has 3 N–H and O–H groups in total. The predicted octanol–water partition coefficient (Wildman–Crippen LogP) is 2.70. The van der Waals surface area contributed by atoms with Gasteiger partial charge < -0.3 is 10.7 Å². The van der Waals surface area contributed by atoms with Gasteiger partial charge in [-0.05, 0) is 48.9 Å². The summed E-state index contributed by atoms with van der Waals surface area (Å²) in [7, 11) is 0. The molecule has 0 spiro atoms. The number of nitrogens with two attached hydrogens (primary N) is 1. The molecule has 19 heavy (non-hydrogen) atoms. The lowest BCUT2D eigenvalue weighted by Gasteiger charge is -2.02. The van der Waals surface area contributed by atoms with E-state index in [1.807, 2.05) is 0 Å². The van der Waals surface area contributed by atoms with Crippen molar-refractivity contribution in [3.63, 3.8) is 0 Å². The third-order valence-electron chi connectivity index (χ3n) is 3.78. The molecule has 0 amide bonds. The van der Waals surface area contributed by atoms with E-state index in [4.69, 9.17) is 5.73 Å². The number of fused-ring (bicyclic) bond motifs is 1. The molecule has 1 aliphatic carbocycles. The summed E-state index contributed by atoms with van der Waals surface area (Å²) in [6, 6.07) is 0. The molecule has 1 unspecified atom stereocenters. The molecule has 1 atom stereocenters. The second-order valence-corrected chi connectivity index (χ2v) is 5.47. The van der Waals surface area contributed by atoms with Crippen LogP contribution in [0.1, 0.15) is 58.4 Å². The van der Waals surface area contributed by atoms with Crippen LogP contribution in [0.25, 0.3) is 12.2 Å². The molecule has 2 rings (SSSR count). The van der Waals surface area contributed by atoms with Crippen molar-refractivity contribution in [2.45, 2.75) is 59.3 Å². The van der Waals surface area contributed by atoms with Crippen molar-refractivity contribution in [2.75, 3.05) is 6.54 Å². The Kier molecular flexibility index (Phi) is 7.57. The second-order valence-electron chi connectivity index (χ2n) is 5.47. The Morgan fingerprint density at radius 3 is 2.58 bits per heavy atom. The average molecular weight is 262 g/mol. The molecule has 108 valence electrons.